The van der Waals surface area contributed by atoms with Gasteiger partial charge >= 0.3 is 6.03 Å². The third-order valence-corrected chi connectivity index (χ3v) is 8.96. The monoisotopic (exact) mass is 670 g/mol. The Kier molecular flexibility index (Phi) is 9.99. The summed E-state index contributed by atoms with van der Waals surface area (Å²) in [4.78, 5) is 37.5. The second-order valence-electron chi connectivity index (χ2n) is 14.3. The normalized spacial score (nSPS) is 13.6. The fourth-order valence-corrected chi connectivity index (χ4v) is 6.27. The molecular weight excluding hydrogens is 624 g/mol. The number of urea groups is 1. The molecule has 0 aliphatic carbocycles. The van der Waals surface area contributed by atoms with Crippen molar-refractivity contribution in [2.45, 2.75) is 66.2 Å². The van der Waals surface area contributed by atoms with Crippen LogP contribution < -0.4 is 16.0 Å². The molecule has 0 saturated carbocycles. The zero-order valence-corrected chi connectivity index (χ0v) is 29.7. The molecule has 3 aromatic carbocycles. The van der Waals surface area contributed by atoms with E-state index in [4.69, 9.17) is 5.10 Å². The first-order chi connectivity index (χ1) is 23.9. The van der Waals surface area contributed by atoms with E-state index in [9.17, 15) is 9.59 Å². The van der Waals surface area contributed by atoms with Crippen LogP contribution in [0.15, 0.2) is 84.9 Å². The summed E-state index contributed by atoms with van der Waals surface area (Å²) in [5.41, 5.74) is 7.82. The van der Waals surface area contributed by atoms with Crippen molar-refractivity contribution in [3.8, 4) is 5.69 Å². The van der Waals surface area contributed by atoms with Crippen LogP contribution >= 0.6 is 0 Å². The minimum absolute atomic E-state index is 0.0315. The van der Waals surface area contributed by atoms with Crippen molar-refractivity contribution in [1.82, 2.24) is 24.6 Å². The standard InChI is InChI=1S/C40H46N8O2/c1-26-13-15-34(16-14-26)48-36(25-35(46-48)40(4,5)6)45-39(50)44-32-11-7-9-30(23-32)22-29-17-19-47(20-18-29)37(49)31-10-8-12-33(24-31)43-38-41-27(2)21-28(3)42-38/h7-16,21,23-25,29H,17-20,22H2,1-6H3,(H,41,42,43)(H2,44,45,50). The third kappa shape index (κ3) is 8.55. The van der Waals surface area contributed by atoms with E-state index in [0.717, 1.165) is 64.5 Å². The Morgan fingerprint density at radius 1 is 0.800 bits per heavy atom. The first-order valence-electron chi connectivity index (χ1n) is 17.2. The van der Waals surface area contributed by atoms with Crippen LogP contribution in [-0.2, 0) is 11.8 Å². The molecule has 6 rings (SSSR count). The van der Waals surface area contributed by atoms with Gasteiger partial charge in [0.05, 0.1) is 11.4 Å². The zero-order chi connectivity index (χ0) is 35.4. The highest BCUT2D eigenvalue weighted by atomic mass is 16.2. The number of nitrogens with zero attached hydrogens (tertiary/aromatic N) is 5. The fourth-order valence-electron chi connectivity index (χ4n) is 6.27. The van der Waals surface area contributed by atoms with Gasteiger partial charge in [-0.2, -0.15) is 5.10 Å². The molecule has 1 aliphatic heterocycles. The summed E-state index contributed by atoms with van der Waals surface area (Å²) in [7, 11) is 0. The molecule has 50 heavy (non-hydrogen) atoms. The summed E-state index contributed by atoms with van der Waals surface area (Å²) in [6.07, 6.45) is 2.71. The quantitative estimate of drug-likeness (QED) is 0.153. The summed E-state index contributed by atoms with van der Waals surface area (Å²) in [5, 5.41) is 14.1. The summed E-state index contributed by atoms with van der Waals surface area (Å²) < 4.78 is 1.78. The van der Waals surface area contributed by atoms with Crippen molar-refractivity contribution >= 4 is 35.1 Å². The highest BCUT2D eigenvalue weighted by molar-refractivity contribution is 5.99. The highest BCUT2D eigenvalue weighted by Gasteiger charge is 2.25. The Hall–Kier alpha value is -5.51. The summed E-state index contributed by atoms with van der Waals surface area (Å²) in [5.74, 6) is 1.60. The number of amides is 3. The van der Waals surface area contributed by atoms with Crippen LogP contribution in [-0.4, -0.2) is 49.7 Å². The van der Waals surface area contributed by atoms with E-state index in [1.807, 2.05) is 105 Å². The average Bonchev–Trinajstić information content (AvgIpc) is 3.49. The fraction of sp³-hybridized carbons (Fsp3) is 0.325. The number of likely N-dealkylation sites (tertiary alicyclic amines) is 1. The van der Waals surface area contributed by atoms with Gasteiger partial charge in [0.25, 0.3) is 5.91 Å². The number of nitrogens with one attached hydrogen (secondary N) is 3. The number of anilines is 4. The van der Waals surface area contributed by atoms with E-state index in [1.165, 1.54) is 0 Å². The Bertz CT molecular complexity index is 1970. The number of carbonyl (C=O) groups is 2. The molecule has 0 spiro atoms. The van der Waals surface area contributed by atoms with Gasteiger partial charge in [-0.15, -0.1) is 0 Å². The lowest BCUT2D eigenvalue weighted by molar-refractivity contribution is 0.0690. The lowest BCUT2D eigenvalue weighted by Gasteiger charge is -2.32. The predicted molar refractivity (Wildman–Crippen MR) is 200 cm³/mol. The molecule has 3 amide bonds. The van der Waals surface area contributed by atoms with Gasteiger partial charge in [0.15, 0.2) is 0 Å². The molecule has 3 N–H and O–H groups in total. The van der Waals surface area contributed by atoms with Crippen LogP contribution in [0.1, 0.15) is 72.2 Å². The molecule has 0 bridgehead atoms. The molecule has 1 aliphatic rings. The smallest absolute Gasteiger partial charge is 0.324 e. The number of benzene rings is 3. The number of hydrogen-bond donors (Lipinski definition) is 3. The van der Waals surface area contributed by atoms with Crippen LogP contribution in [0.5, 0.6) is 0 Å². The summed E-state index contributed by atoms with van der Waals surface area (Å²) >= 11 is 0. The number of carbonyl (C=O) groups excluding carboxylic acids is 2. The Morgan fingerprint density at radius 3 is 2.18 bits per heavy atom. The molecule has 3 heterocycles. The van der Waals surface area contributed by atoms with Crippen LogP contribution in [0.4, 0.5) is 27.9 Å². The van der Waals surface area contributed by atoms with Crippen molar-refractivity contribution < 1.29 is 9.59 Å². The molecule has 258 valence electrons. The van der Waals surface area contributed by atoms with E-state index in [2.05, 4.69) is 52.8 Å². The lowest BCUT2D eigenvalue weighted by atomic mass is 9.90. The molecule has 5 aromatic rings. The van der Waals surface area contributed by atoms with Crippen molar-refractivity contribution in [3.05, 3.63) is 119 Å². The van der Waals surface area contributed by atoms with Crippen molar-refractivity contribution in [3.63, 3.8) is 0 Å². The van der Waals surface area contributed by atoms with E-state index >= 15 is 0 Å². The number of piperidine rings is 1. The minimum atomic E-state index is -0.330. The van der Waals surface area contributed by atoms with Crippen molar-refractivity contribution in [2.24, 2.45) is 5.92 Å². The molecule has 0 atom stereocenters. The summed E-state index contributed by atoms with van der Waals surface area (Å²) in [6.45, 7) is 13.6. The average molecular weight is 671 g/mol. The second-order valence-corrected chi connectivity index (χ2v) is 14.3. The third-order valence-electron chi connectivity index (χ3n) is 8.96. The number of aryl methyl sites for hydroxylation is 3. The second kappa shape index (κ2) is 14.5. The molecule has 2 aromatic heterocycles. The first kappa shape index (κ1) is 34.4. The van der Waals surface area contributed by atoms with Crippen molar-refractivity contribution in [2.75, 3.05) is 29.0 Å². The van der Waals surface area contributed by atoms with Gasteiger partial charge < -0.3 is 15.5 Å². The minimum Gasteiger partial charge on any atom is -0.339 e. The topological polar surface area (TPSA) is 117 Å². The molecule has 10 heteroatoms. The molecule has 0 unspecified atom stereocenters. The summed E-state index contributed by atoms with van der Waals surface area (Å²) in [6, 6.07) is 27.1. The molecule has 0 radical (unpaired) electrons. The Labute approximate surface area is 294 Å². The van der Waals surface area contributed by atoms with E-state index < -0.39 is 0 Å². The Balaban J connectivity index is 1.04. The first-order valence-corrected chi connectivity index (χ1v) is 17.2. The van der Waals surface area contributed by atoms with Crippen LogP contribution in [0.3, 0.4) is 0 Å². The number of hydrogen-bond acceptors (Lipinski definition) is 6. The maximum absolute atomic E-state index is 13.4. The lowest BCUT2D eigenvalue weighted by Crippen LogP contribution is -2.38. The van der Waals surface area contributed by atoms with Gasteiger partial charge in [-0.1, -0.05) is 56.7 Å². The SMILES string of the molecule is Cc1ccc(-n2nc(C(C)(C)C)cc2NC(=O)Nc2cccc(CC3CCN(C(=O)c4cccc(Nc5nc(C)cc(C)n5)c4)CC3)c2)cc1. The van der Waals surface area contributed by atoms with Crippen LogP contribution in [0.2, 0.25) is 0 Å². The van der Waals surface area contributed by atoms with Gasteiger partial charge in [-0.25, -0.2) is 19.4 Å². The molecule has 1 fully saturated rings. The van der Waals surface area contributed by atoms with Gasteiger partial charge in [0.2, 0.25) is 5.95 Å². The van der Waals surface area contributed by atoms with E-state index in [0.29, 0.717) is 36.3 Å². The number of rotatable bonds is 8. The maximum Gasteiger partial charge on any atom is 0.324 e. The predicted octanol–water partition coefficient (Wildman–Crippen LogP) is 8.37. The van der Waals surface area contributed by atoms with Gasteiger partial charge in [0, 0.05) is 52.9 Å². The van der Waals surface area contributed by atoms with Gasteiger partial charge in [-0.05, 0) is 100 Å². The van der Waals surface area contributed by atoms with Crippen LogP contribution in [0.25, 0.3) is 5.69 Å². The van der Waals surface area contributed by atoms with Crippen LogP contribution in [0, 0.1) is 26.7 Å². The van der Waals surface area contributed by atoms with Gasteiger partial charge in [0.1, 0.15) is 5.82 Å². The Morgan fingerprint density at radius 2 is 1.48 bits per heavy atom. The largest absolute Gasteiger partial charge is 0.339 e. The van der Waals surface area contributed by atoms with E-state index in [-0.39, 0.29) is 17.4 Å². The molecule has 1 saturated heterocycles. The maximum atomic E-state index is 13.4. The molecular formula is C40H46N8O2. The van der Waals surface area contributed by atoms with E-state index in [1.54, 1.807) is 4.68 Å². The molecule has 10 nitrogen and oxygen atoms in total. The van der Waals surface area contributed by atoms with Crippen molar-refractivity contribution in [1.29, 1.82) is 0 Å². The van der Waals surface area contributed by atoms with Gasteiger partial charge in [-0.3, -0.25) is 10.1 Å². The number of aromatic nitrogens is 4. The highest BCUT2D eigenvalue weighted by Crippen LogP contribution is 2.28. The zero-order valence-electron chi connectivity index (χ0n) is 29.7.